The first-order valence-electron chi connectivity index (χ1n) is 7.07. The third kappa shape index (κ3) is 5.44. The fraction of sp³-hybridized carbons (Fsp3) is 0.294. The normalized spacial score (nSPS) is 10.9. The zero-order valence-corrected chi connectivity index (χ0v) is 13.0. The summed E-state index contributed by atoms with van der Waals surface area (Å²) in [5, 5.41) is 2.71. The van der Waals surface area contributed by atoms with Crippen LogP contribution in [0.1, 0.15) is 26.3 Å². The molecule has 0 aliphatic rings. The van der Waals surface area contributed by atoms with Crippen LogP contribution in [0.2, 0.25) is 0 Å². The van der Waals surface area contributed by atoms with Crippen molar-refractivity contribution in [3.8, 4) is 11.6 Å². The zero-order chi connectivity index (χ0) is 16.0. The van der Waals surface area contributed by atoms with E-state index in [2.05, 4.69) is 10.3 Å². The molecule has 2 rings (SSSR count). The molecule has 0 unspecified atom stereocenters. The SMILES string of the molecule is CC(C)(C)OC(=O)NCc1cccc(Oc2ccccn2)c1. The first-order chi connectivity index (χ1) is 10.4. The maximum absolute atomic E-state index is 11.6. The lowest BCUT2D eigenvalue weighted by molar-refractivity contribution is 0.0523. The summed E-state index contributed by atoms with van der Waals surface area (Å²) in [5.74, 6) is 1.20. The molecular weight excluding hydrogens is 280 g/mol. The van der Waals surface area contributed by atoms with Gasteiger partial charge < -0.3 is 14.8 Å². The molecule has 0 aliphatic heterocycles. The van der Waals surface area contributed by atoms with Gasteiger partial charge in [0.15, 0.2) is 0 Å². The van der Waals surface area contributed by atoms with Gasteiger partial charge in [-0.1, -0.05) is 18.2 Å². The van der Waals surface area contributed by atoms with E-state index in [1.807, 2.05) is 57.2 Å². The quantitative estimate of drug-likeness (QED) is 0.930. The van der Waals surface area contributed by atoms with E-state index < -0.39 is 11.7 Å². The first kappa shape index (κ1) is 15.8. The van der Waals surface area contributed by atoms with E-state index in [4.69, 9.17) is 9.47 Å². The Bertz CT molecular complexity index is 621. The Hall–Kier alpha value is -2.56. The van der Waals surface area contributed by atoms with Crippen molar-refractivity contribution < 1.29 is 14.3 Å². The van der Waals surface area contributed by atoms with Gasteiger partial charge in [0.1, 0.15) is 11.4 Å². The Morgan fingerprint density at radius 3 is 2.68 bits per heavy atom. The molecule has 5 nitrogen and oxygen atoms in total. The summed E-state index contributed by atoms with van der Waals surface area (Å²) in [6.07, 6.45) is 1.23. The van der Waals surface area contributed by atoms with E-state index in [0.717, 1.165) is 5.56 Å². The molecule has 0 radical (unpaired) electrons. The summed E-state index contributed by atoms with van der Waals surface area (Å²) in [5.41, 5.74) is 0.410. The second-order valence-electron chi connectivity index (χ2n) is 5.77. The molecule has 22 heavy (non-hydrogen) atoms. The number of hydrogen-bond acceptors (Lipinski definition) is 4. The lowest BCUT2D eigenvalue weighted by Gasteiger charge is -2.19. The van der Waals surface area contributed by atoms with Crippen LogP contribution in [0.25, 0.3) is 0 Å². The number of alkyl carbamates (subject to hydrolysis) is 1. The van der Waals surface area contributed by atoms with Gasteiger partial charge in [0, 0.05) is 18.8 Å². The van der Waals surface area contributed by atoms with Crippen LogP contribution in [-0.4, -0.2) is 16.7 Å². The van der Waals surface area contributed by atoms with Gasteiger partial charge in [-0.2, -0.15) is 0 Å². The zero-order valence-electron chi connectivity index (χ0n) is 13.0. The van der Waals surface area contributed by atoms with E-state index in [0.29, 0.717) is 18.2 Å². The number of nitrogens with one attached hydrogen (secondary N) is 1. The van der Waals surface area contributed by atoms with Crippen LogP contribution in [0.3, 0.4) is 0 Å². The van der Waals surface area contributed by atoms with Crippen molar-refractivity contribution in [2.75, 3.05) is 0 Å². The highest BCUT2D eigenvalue weighted by molar-refractivity contribution is 5.67. The molecule has 116 valence electrons. The first-order valence-corrected chi connectivity index (χ1v) is 7.07. The number of nitrogens with zero attached hydrogens (tertiary/aromatic N) is 1. The molecule has 0 fully saturated rings. The predicted octanol–water partition coefficient (Wildman–Crippen LogP) is 3.90. The molecule has 1 N–H and O–H groups in total. The molecule has 1 aromatic heterocycles. The van der Waals surface area contributed by atoms with Gasteiger partial charge in [0.25, 0.3) is 0 Å². The molecular formula is C17H20N2O3. The number of amides is 1. The molecule has 0 saturated carbocycles. The minimum Gasteiger partial charge on any atom is -0.444 e. The van der Waals surface area contributed by atoms with E-state index in [1.165, 1.54) is 0 Å². The summed E-state index contributed by atoms with van der Waals surface area (Å²) >= 11 is 0. The monoisotopic (exact) mass is 300 g/mol. The molecule has 1 aromatic carbocycles. The number of carbonyl (C=O) groups is 1. The average molecular weight is 300 g/mol. The number of pyridine rings is 1. The summed E-state index contributed by atoms with van der Waals surface area (Å²) < 4.78 is 10.8. The Labute approximate surface area is 130 Å². The van der Waals surface area contributed by atoms with Crippen LogP contribution >= 0.6 is 0 Å². The highest BCUT2D eigenvalue weighted by Crippen LogP contribution is 2.20. The van der Waals surface area contributed by atoms with Gasteiger partial charge in [0.05, 0.1) is 0 Å². The summed E-state index contributed by atoms with van der Waals surface area (Å²) in [6.45, 7) is 5.85. The highest BCUT2D eigenvalue weighted by atomic mass is 16.6. The predicted molar refractivity (Wildman–Crippen MR) is 83.8 cm³/mol. The number of carbonyl (C=O) groups excluding carboxylic acids is 1. The van der Waals surface area contributed by atoms with Crippen LogP contribution in [-0.2, 0) is 11.3 Å². The largest absolute Gasteiger partial charge is 0.444 e. The Morgan fingerprint density at radius 2 is 2.00 bits per heavy atom. The van der Waals surface area contributed by atoms with Gasteiger partial charge >= 0.3 is 6.09 Å². The molecule has 0 spiro atoms. The molecule has 5 heteroatoms. The third-order valence-electron chi connectivity index (χ3n) is 2.59. The van der Waals surface area contributed by atoms with Gasteiger partial charge in [-0.3, -0.25) is 0 Å². The Morgan fingerprint density at radius 1 is 1.18 bits per heavy atom. The highest BCUT2D eigenvalue weighted by Gasteiger charge is 2.15. The molecule has 1 heterocycles. The topological polar surface area (TPSA) is 60.5 Å². The molecule has 2 aromatic rings. The molecule has 0 saturated heterocycles. The van der Waals surface area contributed by atoms with Crippen molar-refractivity contribution >= 4 is 6.09 Å². The van der Waals surface area contributed by atoms with E-state index >= 15 is 0 Å². The van der Waals surface area contributed by atoms with E-state index in [1.54, 1.807) is 12.3 Å². The van der Waals surface area contributed by atoms with Gasteiger partial charge in [-0.25, -0.2) is 9.78 Å². The van der Waals surface area contributed by atoms with Crippen LogP contribution in [0.5, 0.6) is 11.6 Å². The van der Waals surface area contributed by atoms with Crippen LogP contribution in [0.15, 0.2) is 48.7 Å². The second-order valence-corrected chi connectivity index (χ2v) is 5.77. The minimum absolute atomic E-state index is 0.369. The summed E-state index contributed by atoms with van der Waals surface area (Å²) in [6, 6.07) is 12.9. The minimum atomic E-state index is -0.506. The summed E-state index contributed by atoms with van der Waals surface area (Å²) in [7, 11) is 0. The molecule has 0 aliphatic carbocycles. The molecule has 0 atom stereocenters. The number of benzene rings is 1. The van der Waals surface area contributed by atoms with Crippen molar-refractivity contribution in [3.63, 3.8) is 0 Å². The maximum Gasteiger partial charge on any atom is 0.407 e. The van der Waals surface area contributed by atoms with Crippen molar-refractivity contribution in [1.29, 1.82) is 0 Å². The van der Waals surface area contributed by atoms with Gasteiger partial charge in [-0.05, 0) is 44.5 Å². The average Bonchev–Trinajstić information content (AvgIpc) is 2.45. The standard InChI is InChI=1S/C17H20N2O3/c1-17(2,3)22-16(20)19-12-13-7-6-8-14(11-13)21-15-9-4-5-10-18-15/h4-11H,12H2,1-3H3,(H,19,20). The lowest BCUT2D eigenvalue weighted by Crippen LogP contribution is -2.32. The lowest BCUT2D eigenvalue weighted by atomic mass is 10.2. The van der Waals surface area contributed by atoms with Crippen LogP contribution in [0.4, 0.5) is 4.79 Å². The van der Waals surface area contributed by atoms with Crippen molar-refractivity contribution in [3.05, 3.63) is 54.2 Å². The Balaban J connectivity index is 1.93. The smallest absolute Gasteiger partial charge is 0.407 e. The van der Waals surface area contributed by atoms with Crippen LogP contribution < -0.4 is 10.1 Å². The molecule has 1 amide bonds. The van der Waals surface area contributed by atoms with E-state index in [9.17, 15) is 4.79 Å². The van der Waals surface area contributed by atoms with E-state index in [-0.39, 0.29) is 0 Å². The maximum atomic E-state index is 11.6. The summed E-state index contributed by atoms with van der Waals surface area (Å²) in [4.78, 5) is 15.7. The van der Waals surface area contributed by atoms with Crippen molar-refractivity contribution in [2.24, 2.45) is 0 Å². The number of rotatable bonds is 4. The van der Waals surface area contributed by atoms with Gasteiger partial charge in [0.2, 0.25) is 5.88 Å². The fourth-order valence-corrected chi connectivity index (χ4v) is 1.74. The number of hydrogen-bond donors (Lipinski definition) is 1. The number of ether oxygens (including phenoxy) is 2. The second kappa shape index (κ2) is 6.93. The number of aromatic nitrogens is 1. The third-order valence-corrected chi connectivity index (χ3v) is 2.59. The van der Waals surface area contributed by atoms with Crippen molar-refractivity contribution in [2.45, 2.75) is 32.9 Å². The molecule has 0 bridgehead atoms. The van der Waals surface area contributed by atoms with Gasteiger partial charge in [-0.15, -0.1) is 0 Å². The fourth-order valence-electron chi connectivity index (χ4n) is 1.74. The Kier molecular flexibility index (Phi) is 4.99. The van der Waals surface area contributed by atoms with Crippen molar-refractivity contribution in [1.82, 2.24) is 10.3 Å². The van der Waals surface area contributed by atoms with Crippen LogP contribution in [0, 0.1) is 0 Å².